The molecule has 6 heteroatoms. The molecule has 1 amide bonds. The summed E-state index contributed by atoms with van der Waals surface area (Å²) in [7, 11) is 0. The van der Waals surface area contributed by atoms with Crippen LogP contribution in [0.25, 0.3) is 0 Å². The highest BCUT2D eigenvalue weighted by molar-refractivity contribution is 9.10. The van der Waals surface area contributed by atoms with Crippen LogP contribution in [0, 0.1) is 6.92 Å². The van der Waals surface area contributed by atoms with Crippen molar-refractivity contribution in [1.29, 1.82) is 0 Å². The molecule has 0 unspecified atom stereocenters. The van der Waals surface area contributed by atoms with Gasteiger partial charge < -0.3 is 10.6 Å². The van der Waals surface area contributed by atoms with Gasteiger partial charge in [0.2, 0.25) is 5.91 Å². The van der Waals surface area contributed by atoms with E-state index in [1.807, 2.05) is 38.1 Å². The Balaban J connectivity index is 1.93. The Bertz CT molecular complexity index is 722. The first-order valence-corrected chi connectivity index (χ1v) is 8.66. The minimum absolute atomic E-state index is 0.0630. The molecular weight excluding hydrogens is 399 g/mol. The van der Waals surface area contributed by atoms with Crippen molar-refractivity contribution in [3.05, 3.63) is 62.0 Å². The molecule has 0 aromatic heterocycles. The molecule has 0 spiro atoms. The summed E-state index contributed by atoms with van der Waals surface area (Å²) in [4.78, 5) is 12.1. The van der Waals surface area contributed by atoms with Crippen molar-refractivity contribution in [2.45, 2.75) is 19.9 Å². The molecule has 2 aromatic carbocycles. The van der Waals surface area contributed by atoms with Crippen molar-refractivity contribution in [2.24, 2.45) is 0 Å². The summed E-state index contributed by atoms with van der Waals surface area (Å²) in [5.74, 6) is -0.119. The molecule has 1 atom stereocenters. The van der Waals surface area contributed by atoms with E-state index in [-0.39, 0.29) is 18.5 Å². The zero-order chi connectivity index (χ0) is 17.0. The zero-order valence-corrected chi connectivity index (χ0v) is 15.9. The van der Waals surface area contributed by atoms with Gasteiger partial charge in [0.05, 0.1) is 12.2 Å². The van der Waals surface area contributed by atoms with Crippen molar-refractivity contribution < 1.29 is 4.79 Å². The molecule has 0 aliphatic carbocycles. The van der Waals surface area contributed by atoms with Crippen molar-refractivity contribution in [1.82, 2.24) is 5.32 Å². The molecular formula is C17H17BrCl2N2O. The van der Waals surface area contributed by atoms with Crippen LogP contribution >= 0.6 is 39.1 Å². The highest BCUT2D eigenvalue weighted by atomic mass is 79.9. The SMILES string of the molecule is Cc1ccc(NC(=O)CN[C@@H](C)c2ccc(Cl)cc2Cl)c(Br)c1. The molecule has 0 saturated heterocycles. The fourth-order valence-electron chi connectivity index (χ4n) is 2.12. The topological polar surface area (TPSA) is 41.1 Å². The first kappa shape index (κ1) is 18.3. The second kappa shape index (κ2) is 8.15. The molecule has 0 saturated carbocycles. The average Bonchev–Trinajstić information content (AvgIpc) is 2.48. The molecule has 2 rings (SSSR count). The predicted octanol–water partition coefficient (Wildman–Crippen LogP) is 5.35. The van der Waals surface area contributed by atoms with Crippen molar-refractivity contribution >= 4 is 50.7 Å². The van der Waals surface area contributed by atoms with Crippen molar-refractivity contribution in [3.8, 4) is 0 Å². The number of amides is 1. The number of rotatable bonds is 5. The molecule has 2 aromatic rings. The van der Waals surface area contributed by atoms with Crippen LogP contribution in [0.1, 0.15) is 24.1 Å². The van der Waals surface area contributed by atoms with Crippen LogP contribution in [-0.4, -0.2) is 12.5 Å². The summed E-state index contributed by atoms with van der Waals surface area (Å²) in [6.07, 6.45) is 0. The summed E-state index contributed by atoms with van der Waals surface area (Å²) in [6, 6.07) is 11.0. The third-order valence-electron chi connectivity index (χ3n) is 3.40. The lowest BCUT2D eigenvalue weighted by atomic mass is 10.1. The third kappa shape index (κ3) is 5.21. The predicted molar refractivity (Wildman–Crippen MR) is 100 cm³/mol. The van der Waals surface area contributed by atoms with E-state index in [1.54, 1.807) is 12.1 Å². The van der Waals surface area contributed by atoms with Crippen LogP contribution in [0.5, 0.6) is 0 Å². The fraction of sp³-hybridized carbons (Fsp3) is 0.235. The lowest BCUT2D eigenvalue weighted by Gasteiger charge is -2.16. The monoisotopic (exact) mass is 414 g/mol. The highest BCUT2D eigenvalue weighted by Crippen LogP contribution is 2.26. The third-order valence-corrected chi connectivity index (χ3v) is 4.61. The second-order valence-electron chi connectivity index (χ2n) is 5.30. The average molecular weight is 416 g/mol. The summed E-state index contributed by atoms with van der Waals surface area (Å²) < 4.78 is 0.861. The molecule has 0 bridgehead atoms. The van der Waals surface area contributed by atoms with Crippen molar-refractivity contribution in [3.63, 3.8) is 0 Å². The Kier molecular flexibility index (Phi) is 6.48. The quantitative estimate of drug-likeness (QED) is 0.690. The standard InChI is InChI=1S/C17H17BrCl2N2O/c1-10-3-6-16(14(18)7-10)22-17(23)9-21-11(2)13-5-4-12(19)8-15(13)20/h3-8,11,21H,9H2,1-2H3,(H,22,23)/t11-/m0/s1. The number of hydrogen-bond donors (Lipinski definition) is 2. The van der Waals surface area contributed by atoms with Gasteiger partial charge in [-0.15, -0.1) is 0 Å². The zero-order valence-electron chi connectivity index (χ0n) is 12.8. The first-order chi connectivity index (χ1) is 10.9. The molecule has 122 valence electrons. The number of carbonyl (C=O) groups is 1. The molecule has 0 aliphatic heterocycles. The maximum Gasteiger partial charge on any atom is 0.238 e. The van der Waals surface area contributed by atoms with Gasteiger partial charge in [-0.05, 0) is 65.2 Å². The highest BCUT2D eigenvalue weighted by Gasteiger charge is 2.12. The van der Waals surface area contributed by atoms with Crippen LogP contribution in [0.3, 0.4) is 0 Å². The maximum atomic E-state index is 12.1. The van der Waals surface area contributed by atoms with Crippen LogP contribution in [0.2, 0.25) is 10.0 Å². The lowest BCUT2D eigenvalue weighted by molar-refractivity contribution is -0.115. The first-order valence-electron chi connectivity index (χ1n) is 7.11. The van der Waals surface area contributed by atoms with Gasteiger partial charge in [0, 0.05) is 20.6 Å². The number of anilines is 1. The Morgan fingerprint density at radius 1 is 1.22 bits per heavy atom. The minimum Gasteiger partial charge on any atom is -0.324 e. The van der Waals surface area contributed by atoms with Gasteiger partial charge in [0.25, 0.3) is 0 Å². The molecule has 0 heterocycles. The number of halogens is 3. The number of hydrogen-bond acceptors (Lipinski definition) is 2. The Morgan fingerprint density at radius 3 is 2.61 bits per heavy atom. The van der Waals surface area contributed by atoms with Gasteiger partial charge in [-0.25, -0.2) is 0 Å². The maximum absolute atomic E-state index is 12.1. The normalized spacial score (nSPS) is 12.0. The Hall–Kier alpha value is -1.07. The Morgan fingerprint density at radius 2 is 1.96 bits per heavy atom. The van der Waals surface area contributed by atoms with E-state index in [1.165, 1.54) is 0 Å². The summed E-state index contributed by atoms with van der Waals surface area (Å²) in [5, 5.41) is 7.19. The summed E-state index contributed by atoms with van der Waals surface area (Å²) in [5.41, 5.74) is 2.78. The van der Waals surface area contributed by atoms with Gasteiger partial charge in [-0.3, -0.25) is 4.79 Å². The molecule has 0 fully saturated rings. The number of aryl methyl sites for hydroxylation is 1. The number of carbonyl (C=O) groups excluding carboxylic acids is 1. The Labute approximate surface area is 154 Å². The van der Waals surface area contributed by atoms with E-state index in [9.17, 15) is 4.79 Å². The van der Waals surface area contributed by atoms with Crippen LogP contribution in [-0.2, 0) is 4.79 Å². The van der Waals surface area contributed by atoms with E-state index in [2.05, 4.69) is 26.6 Å². The molecule has 3 nitrogen and oxygen atoms in total. The van der Waals surface area contributed by atoms with Crippen LogP contribution in [0.4, 0.5) is 5.69 Å². The van der Waals surface area contributed by atoms with Gasteiger partial charge in [-0.2, -0.15) is 0 Å². The van der Waals surface area contributed by atoms with Gasteiger partial charge in [0.1, 0.15) is 0 Å². The van der Waals surface area contributed by atoms with Crippen LogP contribution < -0.4 is 10.6 Å². The van der Waals surface area contributed by atoms with E-state index in [4.69, 9.17) is 23.2 Å². The summed E-state index contributed by atoms with van der Waals surface area (Å²) >= 11 is 15.5. The van der Waals surface area contributed by atoms with Gasteiger partial charge in [0.15, 0.2) is 0 Å². The minimum atomic E-state index is -0.119. The summed E-state index contributed by atoms with van der Waals surface area (Å²) in [6.45, 7) is 4.13. The molecule has 23 heavy (non-hydrogen) atoms. The van der Waals surface area contributed by atoms with E-state index >= 15 is 0 Å². The largest absolute Gasteiger partial charge is 0.324 e. The fourth-order valence-corrected chi connectivity index (χ4v) is 3.29. The lowest BCUT2D eigenvalue weighted by Crippen LogP contribution is -2.30. The molecule has 0 aliphatic rings. The van der Waals surface area contributed by atoms with E-state index in [0.29, 0.717) is 10.0 Å². The second-order valence-corrected chi connectivity index (χ2v) is 7.00. The molecule has 2 N–H and O–H groups in total. The smallest absolute Gasteiger partial charge is 0.238 e. The van der Waals surface area contributed by atoms with E-state index < -0.39 is 0 Å². The molecule has 0 radical (unpaired) electrons. The van der Waals surface area contributed by atoms with Gasteiger partial charge >= 0.3 is 0 Å². The van der Waals surface area contributed by atoms with Crippen LogP contribution in [0.15, 0.2) is 40.9 Å². The van der Waals surface area contributed by atoms with E-state index in [0.717, 1.165) is 21.3 Å². The van der Waals surface area contributed by atoms with Crippen molar-refractivity contribution in [2.75, 3.05) is 11.9 Å². The number of nitrogens with one attached hydrogen (secondary N) is 2. The van der Waals surface area contributed by atoms with Gasteiger partial charge in [-0.1, -0.05) is 35.3 Å². The number of benzene rings is 2.